The molecule has 1 N–H and O–H groups in total. The molecule has 2 rings (SSSR count). The first-order valence-corrected chi connectivity index (χ1v) is 7.26. The Morgan fingerprint density at radius 1 is 1.10 bits per heavy atom. The number of para-hydroxylation sites is 1. The van der Waals surface area contributed by atoms with Gasteiger partial charge < -0.3 is 10.1 Å². The molecule has 0 saturated heterocycles. The lowest BCUT2D eigenvalue weighted by Crippen LogP contribution is -2.19. The van der Waals surface area contributed by atoms with Crippen LogP contribution in [-0.4, -0.2) is 5.91 Å². The Morgan fingerprint density at radius 2 is 1.76 bits per heavy atom. The fraction of sp³-hybridized carbons (Fsp3) is 0.278. The van der Waals surface area contributed by atoms with Crippen molar-refractivity contribution in [2.75, 3.05) is 5.32 Å². The third kappa shape index (κ3) is 4.63. The fourth-order valence-corrected chi connectivity index (χ4v) is 1.82. The molecule has 3 nitrogen and oxygen atoms in total. The van der Waals surface area contributed by atoms with Crippen molar-refractivity contribution in [2.45, 2.75) is 26.9 Å². The van der Waals surface area contributed by atoms with Crippen LogP contribution < -0.4 is 10.1 Å². The summed E-state index contributed by atoms with van der Waals surface area (Å²) in [5.74, 6) is 0.948. The largest absolute Gasteiger partial charge is 0.489 e. The van der Waals surface area contributed by atoms with E-state index in [1.807, 2.05) is 68.4 Å². The predicted octanol–water partition coefficient (Wildman–Crippen LogP) is 4.25. The number of carbonyl (C=O) groups excluding carboxylic acids is 1. The van der Waals surface area contributed by atoms with E-state index < -0.39 is 0 Å². The molecular weight excluding hydrogens is 262 g/mol. The topological polar surface area (TPSA) is 38.3 Å². The van der Waals surface area contributed by atoms with E-state index in [2.05, 4.69) is 5.32 Å². The van der Waals surface area contributed by atoms with E-state index in [-0.39, 0.29) is 11.8 Å². The molecule has 2 aromatic rings. The number of anilines is 1. The smallest absolute Gasteiger partial charge is 0.227 e. The summed E-state index contributed by atoms with van der Waals surface area (Å²) in [6.07, 6.45) is 0.842. The first kappa shape index (κ1) is 15.1. The number of rotatable bonds is 6. The van der Waals surface area contributed by atoms with Crippen LogP contribution in [0.3, 0.4) is 0 Å². The average molecular weight is 283 g/mol. The zero-order valence-corrected chi connectivity index (χ0v) is 12.5. The van der Waals surface area contributed by atoms with Gasteiger partial charge in [0.1, 0.15) is 12.4 Å². The highest BCUT2D eigenvalue weighted by molar-refractivity contribution is 5.92. The molecule has 0 bridgehead atoms. The van der Waals surface area contributed by atoms with Gasteiger partial charge in [-0.1, -0.05) is 44.2 Å². The van der Waals surface area contributed by atoms with Gasteiger partial charge in [0, 0.05) is 11.6 Å². The van der Waals surface area contributed by atoms with E-state index >= 15 is 0 Å². The molecule has 0 aromatic heterocycles. The highest BCUT2D eigenvalue weighted by atomic mass is 16.5. The van der Waals surface area contributed by atoms with E-state index in [1.54, 1.807) is 0 Å². The monoisotopic (exact) mass is 283 g/mol. The third-order valence-electron chi connectivity index (χ3n) is 3.43. The molecule has 2 aromatic carbocycles. The Bertz CT molecular complexity index is 564. The molecule has 0 heterocycles. The van der Waals surface area contributed by atoms with Crippen LogP contribution in [0.15, 0.2) is 54.6 Å². The van der Waals surface area contributed by atoms with Gasteiger partial charge in [-0.3, -0.25) is 4.79 Å². The lowest BCUT2D eigenvalue weighted by atomic mass is 10.1. The number of nitrogens with one attached hydrogen (secondary N) is 1. The van der Waals surface area contributed by atoms with Gasteiger partial charge in [-0.25, -0.2) is 0 Å². The maximum absolute atomic E-state index is 11.8. The Morgan fingerprint density at radius 3 is 2.38 bits per heavy atom. The number of ether oxygens (including phenoxy) is 1. The second-order valence-electron chi connectivity index (χ2n) is 5.10. The van der Waals surface area contributed by atoms with Gasteiger partial charge in [0.2, 0.25) is 5.91 Å². The summed E-state index contributed by atoms with van der Waals surface area (Å²) >= 11 is 0. The SMILES string of the molecule is CCC(C)C(=O)Nc1ccc(COc2ccccc2)cc1. The summed E-state index contributed by atoms with van der Waals surface area (Å²) in [6.45, 7) is 4.45. The Labute approximate surface area is 126 Å². The molecule has 0 aliphatic rings. The normalized spacial score (nSPS) is 11.7. The van der Waals surface area contributed by atoms with Crippen LogP contribution in [0.5, 0.6) is 5.75 Å². The van der Waals surface area contributed by atoms with Crippen molar-refractivity contribution in [1.82, 2.24) is 0 Å². The molecule has 1 atom stereocenters. The zero-order valence-electron chi connectivity index (χ0n) is 12.5. The maximum Gasteiger partial charge on any atom is 0.227 e. The summed E-state index contributed by atoms with van der Waals surface area (Å²) in [5, 5.41) is 2.91. The minimum atomic E-state index is 0.0334. The van der Waals surface area contributed by atoms with Crippen LogP contribution in [0.25, 0.3) is 0 Å². The Balaban J connectivity index is 1.88. The third-order valence-corrected chi connectivity index (χ3v) is 3.43. The summed E-state index contributed by atoms with van der Waals surface area (Å²) in [5.41, 5.74) is 1.89. The van der Waals surface area contributed by atoms with Gasteiger partial charge in [-0.15, -0.1) is 0 Å². The molecule has 0 radical (unpaired) electrons. The van der Waals surface area contributed by atoms with Crippen LogP contribution >= 0.6 is 0 Å². The van der Waals surface area contributed by atoms with Crippen molar-refractivity contribution in [3.8, 4) is 5.75 Å². The van der Waals surface area contributed by atoms with Crippen molar-refractivity contribution in [3.05, 3.63) is 60.2 Å². The molecule has 21 heavy (non-hydrogen) atoms. The van der Waals surface area contributed by atoms with Crippen LogP contribution in [0.2, 0.25) is 0 Å². The van der Waals surface area contributed by atoms with E-state index in [0.717, 1.165) is 23.4 Å². The van der Waals surface area contributed by atoms with Crippen molar-refractivity contribution < 1.29 is 9.53 Å². The van der Waals surface area contributed by atoms with Crippen molar-refractivity contribution in [2.24, 2.45) is 5.92 Å². The number of benzene rings is 2. The highest BCUT2D eigenvalue weighted by Crippen LogP contribution is 2.15. The molecule has 110 valence electrons. The van der Waals surface area contributed by atoms with E-state index in [9.17, 15) is 4.79 Å². The molecule has 3 heteroatoms. The van der Waals surface area contributed by atoms with Gasteiger partial charge in [-0.05, 0) is 36.2 Å². The molecule has 0 spiro atoms. The fourth-order valence-electron chi connectivity index (χ4n) is 1.82. The van der Waals surface area contributed by atoms with Gasteiger partial charge in [-0.2, -0.15) is 0 Å². The number of amides is 1. The summed E-state index contributed by atoms with van der Waals surface area (Å²) in [6, 6.07) is 17.5. The zero-order chi connectivity index (χ0) is 15.1. The lowest BCUT2D eigenvalue weighted by molar-refractivity contribution is -0.119. The van der Waals surface area contributed by atoms with E-state index in [4.69, 9.17) is 4.74 Å². The molecule has 0 aliphatic heterocycles. The summed E-state index contributed by atoms with van der Waals surface area (Å²) < 4.78 is 5.68. The number of carbonyl (C=O) groups is 1. The van der Waals surface area contributed by atoms with Gasteiger partial charge in [0.25, 0.3) is 0 Å². The Hall–Kier alpha value is -2.29. The van der Waals surface area contributed by atoms with E-state index in [0.29, 0.717) is 6.61 Å². The minimum Gasteiger partial charge on any atom is -0.489 e. The molecule has 0 fully saturated rings. The highest BCUT2D eigenvalue weighted by Gasteiger charge is 2.10. The maximum atomic E-state index is 11.8. The number of hydrogen-bond acceptors (Lipinski definition) is 2. The summed E-state index contributed by atoms with van der Waals surface area (Å²) in [4.78, 5) is 11.8. The first-order chi connectivity index (χ1) is 10.2. The van der Waals surface area contributed by atoms with Crippen LogP contribution in [0.1, 0.15) is 25.8 Å². The van der Waals surface area contributed by atoms with Gasteiger partial charge in [0.15, 0.2) is 0 Å². The predicted molar refractivity (Wildman–Crippen MR) is 85.3 cm³/mol. The molecular formula is C18H21NO2. The van der Waals surface area contributed by atoms with E-state index in [1.165, 1.54) is 0 Å². The first-order valence-electron chi connectivity index (χ1n) is 7.26. The second kappa shape index (κ2) is 7.48. The van der Waals surface area contributed by atoms with Crippen molar-refractivity contribution in [3.63, 3.8) is 0 Å². The summed E-state index contributed by atoms with van der Waals surface area (Å²) in [7, 11) is 0. The standard InChI is InChI=1S/C18H21NO2/c1-3-14(2)18(20)19-16-11-9-15(10-12-16)13-21-17-7-5-4-6-8-17/h4-12,14H,3,13H2,1-2H3,(H,19,20). The van der Waals surface area contributed by atoms with Crippen LogP contribution in [-0.2, 0) is 11.4 Å². The van der Waals surface area contributed by atoms with Gasteiger partial charge in [0.05, 0.1) is 0 Å². The molecule has 0 saturated carbocycles. The van der Waals surface area contributed by atoms with Crippen molar-refractivity contribution >= 4 is 11.6 Å². The average Bonchev–Trinajstić information content (AvgIpc) is 2.54. The molecule has 1 amide bonds. The molecule has 1 unspecified atom stereocenters. The minimum absolute atomic E-state index is 0.0334. The van der Waals surface area contributed by atoms with Crippen LogP contribution in [0.4, 0.5) is 5.69 Å². The quantitative estimate of drug-likeness (QED) is 0.860. The van der Waals surface area contributed by atoms with Crippen LogP contribution in [0, 0.1) is 5.92 Å². The van der Waals surface area contributed by atoms with Gasteiger partial charge >= 0.3 is 0 Å². The van der Waals surface area contributed by atoms with Crippen molar-refractivity contribution in [1.29, 1.82) is 0 Å². The second-order valence-corrected chi connectivity index (χ2v) is 5.10. The number of hydrogen-bond donors (Lipinski definition) is 1. The lowest BCUT2D eigenvalue weighted by Gasteiger charge is -2.11. The molecule has 0 aliphatic carbocycles. The Kier molecular flexibility index (Phi) is 5.38.